The minimum absolute atomic E-state index is 0.570. The molecular weight excluding hydrogens is 1680 g/mol. The second-order valence-corrected chi connectivity index (χ2v) is 38.7. The van der Waals surface area contributed by atoms with Crippen LogP contribution in [0, 0.1) is 111 Å². The fourth-order valence-electron chi connectivity index (χ4n) is 20.9. The maximum absolute atomic E-state index is 5.46. The van der Waals surface area contributed by atoms with Gasteiger partial charge in [0.25, 0.3) is 0 Å². The molecule has 0 spiro atoms. The first-order chi connectivity index (χ1) is 65.4. The van der Waals surface area contributed by atoms with E-state index in [4.69, 9.17) is 47.5 Å². The number of rotatable bonds is 15. The van der Waals surface area contributed by atoms with Gasteiger partial charge in [0.2, 0.25) is 0 Å². The molecule has 27 rings (SSSR count). The zero-order chi connectivity index (χ0) is 92.4. The van der Waals surface area contributed by atoms with Crippen LogP contribution in [0.15, 0.2) is 175 Å². The van der Waals surface area contributed by atoms with Crippen LogP contribution in [-0.4, -0.2) is 93.9 Å². The first-order valence-corrected chi connectivity index (χ1v) is 47.9. The molecule has 680 valence electrons. The maximum atomic E-state index is 5.46. The van der Waals surface area contributed by atoms with Crippen LogP contribution < -0.4 is 0 Å². The van der Waals surface area contributed by atoms with Crippen molar-refractivity contribution < 1.29 is 22.6 Å². The van der Waals surface area contributed by atoms with Crippen LogP contribution in [0.25, 0.3) is 156 Å². The van der Waals surface area contributed by atoms with Gasteiger partial charge in [0, 0.05) is 109 Å². The lowest BCUT2D eigenvalue weighted by molar-refractivity contribution is 0.393. The summed E-state index contributed by atoms with van der Waals surface area (Å²) < 4.78 is 36.3. The van der Waals surface area contributed by atoms with E-state index >= 15 is 0 Å². The number of nitrogens with zero attached hydrogens (tertiary/aromatic N) is 14. The summed E-state index contributed by atoms with van der Waals surface area (Å²) in [5, 5.41) is 22.0. The van der Waals surface area contributed by atoms with E-state index in [2.05, 4.69) is 262 Å². The van der Waals surface area contributed by atoms with Crippen molar-refractivity contribution in [2.45, 2.75) is 230 Å². The number of hydrogen-bond acceptors (Lipinski definition) is 15. The summed E-state index contributed by atoms with van der Waals surface area (Å²) in [6.07, 6.45) is 21.5. The maximum Gasteiger partial charge on any atom is 0.141 e. The number of H-pyrrole nitrogens is 5. The van der Waals surface area contributed by atoms with Crippen LogP contribution in [0.5, 0.6) is 0 Å². The normalized spacial score (nSPS) is 14.8. The zero-order valence-corrected chi connectivity index (χ0v) is 79.5. The zero-order valence-electron chi connectivity index (χ0n) is 79.5. The van der Waals surface area contributed by atoms with Gasteiger partial charge in [0.15, 0.2) is 0 Å². The third-order valence-corrected chi connectivity index (χ3v) is 28.4. The van der Waals surface area contributed by atoms with E-state index in [1.807, 2.05) is 69.2 Å². The quantitative estimate of drug-likeness (QED) is 0.0637. The van der Waals surface area contributed by atoms with Crippen LogP contribution in [-0.2, 0) is 12.8 Å². The number of hydrogen-bond donors (Lipinski definition) is 5. The van der Waals surface area contributed by atoms with Crippen molar-refractivity contribution in [2.24, 2.45) is 0 Å². The Morgan fingerprint density at radius 2 is 0.644 bits per heavy atom. The summed E-state index contributed by atoms with van der Waals surface area (Å²) >= 11 is 0. The Kier molecular flexibility index (Phi) is 20.8. The van der Waals surface area contributed by atoms with Crippen LogP contribution in [0.4, 0.5) is 0 Å². The van der Waals surface area contributed by atoms with Crippen molar-refractivity contribution in [1.29, 1.82) is 0 Å². The van der Waals surface area contributed by atoms with Crippen molar-refractivity contribution in [3.05, 3.63) is 283 Å². The molecule has 0 atom stereocenters. The van der Waals surface area contributed by atoms with Crippen molar-refractivity contribution in [1.82, 2.24) is 93.9 Å². The fraction of sp³-hybridized carbons (Fsp3) is 0.315. The molecule has 5 fully saturated rings. The van der Waals surface area contributed by atoms with E-state index in [-0.39, 0.29) is 0 Å². The third-order valence-electron chi connectivity index (χ3n) is 28.4. The van der Waals surface area contributed by atoms with Gasteiger partial charge in [-0.05, 0) is 354 Å². The van der Waals surface area contributed by atoms with Crippen LogP contribution in [0.3, 0.4) is 0 Å². The molecule has 5 N–H and O–H groups in total. The Labute approximate surface area is 781 Å². The molecule has 24 nitrogen and oxygen atoms in total. The van der Waals surface area contributed by atoms with Gasteiger partial charge in [0.1, 0.15) is 80.0 Å². The lowest BCUT2D eigenvalue weighted by atomic mass is 9.91. The molecule has 0 radical (unpaired) electrons. The van der Waals surface area contributed by atoms with Gasteiger partial charge >= 0.3 is 0 Å². The fourth-order valence-corrected chi connectivity index (χ4v) is 20.9. The van der Waals surface area contributed by atoms with E-state index in [9.17, 15) is 0 Å². The number of fused-ring (bicyclic) bond motifs is 7. The highest BCUT2D eigenvalue weighted by molar-refractivity contribution is 6.00. The highest BCUT2D eigenvalue weighted by atomic mass is 16.5. The minimum atomic E-state index is 0.570. The molecule has 14 aromatic heterocycles. The summed E-state index contributed by atoms with van der Waals surface area (Å²) in [6, 6.07) is 50.1. The van der Waals surface area contributed by atoms with E-state index < -0.39 is 0 Å². The smallest absolute Gasteiger partial charge is 0.141 e. The Hall–Kier alpha value is -14.7. The number of aromatic amines is 5. The van der Waals surface area contributed by atoms with E-state index in [0.29, 0.717) is 29.6 Å². The molecule has 6 aliphatic carbocycles. The molecule has 21 aromatic rings. The molecule has 0 bridgehead atoms. The van der Waals surface area contributed by atoms with Gasteiger partial charge < -0.3 is 65.8 Å². The molecule has 135 heavy (non-hydrogen) atoms. The molecule has 5 saturated carbocycles. The third kappa shape index (κ3) is 15.5. The topological polar surface area (TPSA) is 293 Å². The summed E-state index contributed by atoms with van der Waals surface area (Å²) in [5.41, 5.74) is 44.5. The van der Waals surface area contributed by atoms with Crippen molar-refractivity contribution in [3.8, 4) is 89.5 Å². The summed E-state index contributed by atoms with van der Waals surface area (Å²) in [5.74, 6) is 12.7. The van der Waals surface area contributed by atoms with Gasteiger partial charge in [-0.25, -0.2) is 24.9 Å². The molecular formula is C111H111N19O5. The Balaban J connectivity index is 0.0000000952. The minimum Gasteiger partial charge on any atom is -0.361 e. The summed E-state index contributed by atoms with van der Waals surface area (Å²) in [6.45, 7) is 32.7. The number of imidazole rings is 5. The van der Waals surface area contributed by atoms with E-state index in [1.54, 1.807) is 0 Å². The average molecular weight is 1790 g/mol. The molecule has 0 saturated heterocycles. The lowest BCUT2D eigenvalue weighted by Crippen LogP contribution is -2.07. The largest absolute Gasteiger partial charge is 0.361 e. The Morgan fingerprint density at radius 1 is 0.289 bits per heavy atom. The first-order valence-electron chi connectivity index (χ1n) is 47.9. The monoisotopic (exact) mass is 1790 g/mol. The second-order valence-electron chi connectivity index (χ2n) is 38.7. The van der Waals surface area contributed by atoms with Crippen molar-refractivity contribution in [3.63, 3.8) is 0 Å². The second kappa shape index (κ2) is 33.2. The van der Waals surface area contributed by atoms with Gasteiger partial charge in [-0.2, -0.15) is 0 Å². The Morgan fingerprint density at radius 3 is 1.03 bits per heavy atom. The summed E-state index contributed by atoms with van der Waals surface area (Å²) in [4.78, 5) is 42.9. The van der Waals surface area contributed by atoms with Gasteiger partial charge in [0.05, 0.1) is 89.8 Å². The highest BCUT2D eigenvalue weighted by Crippen LogP contribution is 2.49. The first kappa shape index (κ1) is 84.6. The van der Waals surface area contributed by atoms with Crippen LogP contribution in [0.1, 0.15) is 238 Å². The number of nitrogens with one attached hydrogen (secondary N) is 5. The molecule has 0 unspecified atom stereocenters. The predicted octanol–water partition coefficient (Wildman–Crippen LogP) is 27.3. The molecule has 7 aromatic carbocycles. The SMILES string of the molecule is Cc1cccc(C)c1-c1cc(-c2c(C)noc2C)cc2[nH]c(C3CC3)nc12.Cc1noc(C)c1-c1cc(-n2c(C)cc3ccccc32)c2nc(C3CC3)[nH]c2c1.Cc1noc(C)c1-c1cc(-n2c(C)ccc2C)c2nc(C3CC3)[nH]c2c1.Cc1noc(C)c1-c1cc(-n2ccc3c2CCCC3)c2nc(C3CC3)[nH]c2c1.Cc1noc(C)c1-c1cc(-n2cccc2C)c2nc(C3CC3)[nH]c2c1. The number of aryl methyl sites for hydroxylation is 17. The molecule has 14 heterocycles. The standard InChI is InChI=1S/C24H22N4O.C23H24N4O.C23H23N3O.C21H22N4O.C20H20N4O/c1-13-10-17-6-4-5-7-20(17)28(13)21-12-18(22-14(2)27-29-15(22)3)11-19-23(21)26-24(25-19)16-8-9-16;1-13-21(14(2)28-26-13)17-11-18-22(25-23(24-18)16-7-8-16)20(12-17)27-10-9-15-5-3-4-6-19(15)27;1-12-6-5-7-13(2)20(12)18-10-17(21-14(3)26-27-15(21)4)11-19-22(18)25-23(24-19)16-8-9-16;1-11-5-6-12(2)25(11)18-10-16(19-13(3)24-26-14(19)4)9-17-20(18)23-21(22-17)15-7-8-15;1-11-5-4-8-24(11)17-10-15(18-12(2)23-25-13(18)3)9-16-19(17)22-20(21-16)14-6-7-14/h4-7,10-12,16H,8-9H2,1-3H3,(H,25,26);9-12,16H,3-8H2,1-2H3,(H,24,25);5-7,10-11,16H,8-9H2,1-4H3,(H,24,25);5-6,9-10,15H,7-8H2,1-4H3,(H,22,23);4-5,8-10,14H,6-7H2,1-3H3,(H,21,22). The summed E-state index contributed by atoms with van der Waals surface area (Å²) in [7, 11) is 0. The lowest BCUT2D eigenvalue weighted by Gasteiger charge is -2.17. The number of para-hydroxylation sites is 1. The van der Waals surface area contributed by atoms with Crippen molar-refractivity contribution in [2.75, 3.05) is 0 Å². The van der Waals surface area contributed by atoms with Crippen LogP contribution in [0.2, 0.25) is 0 Å². The molecule has 0 amide bonds. The van der Waals surface area contributed by atoms with E-state index in [0.717, 1.165) is 221 Å². The van der Waals surface area contributed by atoms with Gasteiger partial charge in [-0.1, -0.05) is 62.2 Å². The van der Waals surface area contributed by atoms with E-state index in [1.165, 1.54) is 156 Å². The predicted molar refractivity (Wildman–Crippen MR) is 531 cm³/mol. The Bertz CT molecular complexity index is 8090. The van der Waals surface area contributed by atoms with Gasteiger partial charge in [-0.15, -0.1) is 0 Å². The number of aromatic nitrogens is 19. The molecule has 24 heteroatoms. The average Bonchev–Trinajstić information content (AvgIpc) is 1.61. The van der Waals surface area contributed by atoms with Gasteiger partial charge in [-0.3, -0.25) is 0 Å². The van der Waals surface area contributed by atoms with Crippen molar-refractivity contribution >= 4 is 66.1 Å². The highest BCUT2D eigenvalue weighted by Gasteiger charge is 2.35. The number of benzene rings is 7. The molecule has 0 aliphatic heterocycles. The molecule has 6 aliphatic rings. The van der Waals surface area contributed by atoms with Crippen LogP contribution >= 0.6 is 0 Å².